The van der Waals surface area contributed by atoms with Crippen LogP contribution < -0.4 is 15.5 Å². The van der Waals surface area contributed by atoms with E-state index in [0.717, 1.165) is 10.8 Å². The third-order valence-electron chi connectivity index (χ3n) is 4.63. The zero-order valence-corrected chi connectivity index (χ0v) is 17.1. The number of hydrogen-bond acceptors (Lipinski definition) is 5. The van der Waals surface area contributed by atoms with E-state index in [0.29, 0.717) is 35.6 Å². The summed E-state index contributed by atoms with van der Waals surface area (Å²) in [5, 5.41) is 13.6. The average molecular weight is 420 g/mol. The molecule has 0 unspecified atom stereocenters. The normalized spacial score (nSPS) is 11.2. The van der Waals surface area contributed by atoms with Gasteiger partial charge in [-0.05, 0) is 35.2 Å². The maximum atomic E-state index is 12.7. The second kappa shape index (κ2) is 10.9. The van der Waals surface area contributed by atoms with Crippen LogP contribution in [0, 0.1) is 0 Å². The van der Waals surface area contributed by atoms with Crippen molar-refractivity contribution in [2.75, 3.05) is 26.9 Å². The fourth-order valence-corrected chi connectivity index (χ4v) is 3.03. The second-order valence-electron chi connectivity index (χ2n) is 6.75. The molecular weight excluding hydrogens is 396 g/mol. The number of carbonyl (C=O) groups is 2. The lowest BCUT2D eigenvalue weighted by atomic mass is 10.1. The molecule has 0 heterocycles. The Balaban J connectivity index is 1.82. The van der Waals surface area contributed by atoms with Gasteiger partial charge >= 0.3 is 0 Å². The molecule has 160 valence electrons. The summed E-state index contributed by atoms with van der Waals surface area (Å²) in [7, 11) is 1.57. The van der Waals surface area contributed by atoms with Crippen LogP contribution in [0.15, 0.2) is 72.3 Å². The number of hydroxylamine groups is 1. The van der Waals surface area contributed by atoms with Crippen LogP contribution in [-0.4, -0.2) is 43.9 Å². The highest BCUT2D eigenvalue weighted by molar-refractivity contribution is 5.98. The summed E-state index contributed by atoms with van der Waals surface area (Å²) in [6.45, 7) is 0.830. The van der Waals surface area contributed by atoms with E-state index >= 15 is 0 Å². The van der Waals surface area contributed by atoms with Crippen molar-refractivity contribution in [3.8, 4) is 5.75 Å². The first-order chi connectivity index (χ1) is 15.1. The Morgan fingerprint density at radius 2 is 1.74 bits per heavy atom. The average Bonchev–Trinajstić information content (AvgIpc) is 2.81. The first-order valence-electron chi connectivity index (χ1n) is 9.75. The molecule has 0 aliphatic carbocycles. The van der Waals surface area contributed by atoms with Crippen LogP contribution in [0.3, 0.4) is 0 Å². The van der Waals surface area contributed by atoms with Gasteiger partial charge in [0.25, 0.3) is 11.8 Å². The van der Waals surface area contributed by atoms with E-state index in [1.165, 1.54) is 0 Å². The standard InChI is InChI=1S/C24H24N2O5/c1-30-14-13-25-23(27)20(15-17-9-11-19(12-10-17)24(28)26-29)16-31-22-8-4-6-18-5-2-3-7-21(18)22/h2-12,15,29H,13-14,16H2,1H3,(H,25,27)(H,26,28)/b20-15+. The molecule has 0 radical (unpaired) electrons. The number of fused-ring (bicyclic) bond motifs is 1. The van der Waals surface area contributed by atoms with Crippen molar-refractivity contribution < 1.29 is 24.3 Å². The first kappa shape index (κ1) is 22.0. The van der Waals surface area contributed by atoms with Gasteiger partial charge in [-0.1, -0.05) is 48.5 Å². The van der Waals surface area contributed by atoms with E-state index in [2.05, 4.69) is 5.32 Å². The van der Waals surface area contributed by atoms with Gasteiger partial charge < -0.3 is 14.8 Å². The molecule has 0 aliphatic heterocycles. The first-order valence-corrected chi connectivity index (χ1v) is 9.75. The lowest BCUT2D eigenvalue weighted by Gasteiger charge is -2.13. The molecule has 0 atom stereocenters. The number of rotatable bonds is 9. The molecule has 7 nitrogen and oxygen atoms in total. The minimum Gasteiger partial charge on any atom is -0.488 e. The Morgan fingerprint density at radius 1 is 1.00 bits per heavy atom. The minimum absolute atomic E-state index is 0.0612. The van der Waals surface area contributed by atoms with Crippen molar-refractivity contribution in [2.45, 2.75) is 0 Å². The third-order valence-corrected chi connectivity index (χ3v) is 4.63. The van der Waals surface area contributed by atoms with Gasteiger partial charge in [-0.3, -0.25) is 14.8 Å². The highest BCUT2D eigenvalue weighted by Gasteiger charge is 2.12. The quantitative estimate of drug-likeness (QED) is 0.214. The number of amides is 2. The summed E-state index contributed by atoms with van der Waals surface area (Å²) in [5.41, 5.74) is 3.03. The Labute approximate surface area is 180 Å². The number of methoxy groups -OCH3 is 1. The van der Waals surface area contributed by atoms with Gasteiger partial charge in [-0.15, -0.1) is 0 Å². The van der Waals surface area contributed by atoms with Crippen molar-refractivity contribution in [3.05, 3.63) is 83.4 Å². The van der Waals surface area contributed by atoms with Crippen LogP contribution in [0.5, 0.6) is 5.75 Å². The second-order valence-corrected chi connectivity index (χ2v) is 6.75. The number of hydrogen-bond donors (Lipinski definition) is 3. The van der Waals surface area contributed by atoms with Gasteiger partial charge in [0.1, 0.15) is 12.4 Å². The highest BCUT2D eigenvalue weighted by atomic mass is 16.5. The van der Waals surface area contributed by atoms with Gasteiger partial charge in [-0.2, -0.15) is 0 Å². The fourth-order valence-electron chi connectivity index (χ4n) is 3.03. The Bertz CT molecular complexity index is 1070. The van der Waals surface area contributed by atoms with Crippen LogP contribution in [0.4, 0.5) is 0 Å². The van der Waals surface area contributed by atoms with Gasteiger partial charge in [0.2, 0.25) is 0 Å². The topological polar surface area (TPSA) is 96.9 Å². The van der Waals surface area contributed by atoms with Crippen molar-refractivity contribution in [1.82, 2.24) is 10.8 Å². The molecule has 0 bridgehead atoms. The maximum absolute atomic E-state index is 12.7. The molecule has 3 aromatic rings. The van der Waals surface area contributed by atoms with Crippen LogP contribution in [0.25, 0.3) is 16.8 Å². The summed E-state index contributed by atoms with van der Waals surface area (Å²) >= 11 is 0. The maximum Gasteiger partial charge on any atom is 0.274 e. The Morgan fingerprint density at radius 3 is 2.48 bits per heavy atom. The van der Waals surface area contributed by atoms with E-state index in [4.69, 9.17) is 14.7 Å². The monoisotopic (exact) mass is 420 g/mol. The predicted molar refractivity (Wildman–Crippen MR) is 118 cm³/mol. The molecule has 3 aromatic carbocycles. The number of ether oxygens (including phenoxy) is 2. The molecule has 0 saturated carbocycles. The number of carbonyl (C=O) groups excluding carboxylic acids is 2. The van der Waals surface area contributed by atoms with Crippen molar-refractivity contribution in [1.29, 1.82) is 0 Å². The van der Waals surface area contributed by atoms with Crippen LogP contribution in [-0.2, 0) is 9.53 Å². The molecule has 0 aromatic heterocycles. The van der Waals surface area contributed by atoms with Gasteiger partial charge in [0.05, 0.1) is 12.2 Å². The van der Waals surface area contributed by atoms with Gasteiger partial charge in [0, 0.05) is 24.6 Å². The molecule has 0 fully saturated rings. The lowest BCUT2D eigenvalue weighted by molar-refractivity contribution is -0.117. The Kier molecular flexibility index (Phi) is 7.75. The van der Waals surface area contributed by atoms with E-state index in [9.17, 15) is 9.59 Å². The zero-order valence-electron chi connectivity index (χ0n) is 17.1. The molecule has 0 spiro atoms. The van der Waals surface area contributed by atoms with Crippen molar-refractivity contribution >= 4 is 28.7 Å². The molecule has 3 N–H and O–H groups in total. The van der Waals surface area contributed by atoms with Gasteiger partial charge in [-0.25, -0.2) is 5.48 Å². The smallest absolute Gasteiger partial charge is 0.274 e. The van der Waals surface area contributed by atoms with Gasteiger partial charge in [0.15, 0.2) is 0 Å². The molecule has 0 saturated heterocycles. The van der Waals surface area contributed by atoms with E-state index in [-0.39, 0.29) is 12.5 Å². The summed E-state index contributed by atoms with van der Waals surface area (Å²) in [6.07, 6.45) is 1.70. The van der Waals surface area contributed by atoms with E-state index in [1.54, 1.807) is 42.9 Å². The fraction of sp³-hybridized carbons (Fsp3) is 0.167. The third kappa shape index (κ3) is 5.91. The zero-order chi connectivity index (χ0) is 22.1. The molecule has 7 heteroatoms. The Hall–Kier alpha value is -3.68. The van der Waals surface area contributed by atoms with E-state index < -0.39 is 5.91 Å². The number of benzene rings is 3. The van der Waals surface area contributed by atoms with Crippen LogP contribution in [0.1, 0.15) is 15.9 Å². The molecule has 0 aliphatic rings. The molecule has 3 rings (SSSR count). The number of nitrogens with one attached hydrogen (secondary N) is 2. The minimum atomic E-state index is -0.604. The SMILES string of the molecule is COCCNC(=O)/C(=C/c1ccc(C(=O)NO)cc1)COc1cccc2ccccc12. The summed E-state index contributed by atoms with van der Waals surface area (Å²) in [6, 6.07) is 20.1. The summed E-state index contributed by atoms with van der Waals surface area (Å²) < 4.78 is 11.0. The molecule has 2 amide bonds. The molecular formula is C24H24N2O5. The van der Waals surface area contributed by atoms with Crippen LogP contribution >= 0.6 is 0 Å². The van der Waals surface area contributed by atoms with Crippen LogP contribution in [0.2, 0.25) is 0 Å². The van der Waals surface area contributed by atoms with Crippen molar-refractivity contribution in [3.63, 3.8) is 0 Å². The molecule has 31 heavy (non-hydrogen) atoms. The highest BCUT2D eigenvalue weighted by Crippen LogP contribution is 2.25. The van der Waals surface area contributed by atoms with Crippen molar-refractivity contribution in [2.24, 2.45) is 0 Å². The van der Waals surface area contributed by atoms with E-state index in [1.807, 2.05) is 42.5 Å². The lowest BCUT2D eigenvalue weighted by Crippen LogP contribution is -2.30. The largest absolute Gasteiger partial charge is 0.488 e. The predicted octanol–water partition coefficient (Wildman–Crippen LogP) is 3.18. The summed E-state index contributed by atoms with van der Waals surface area (Å²) in [5.74, 6) is -0.189. The summed E-state index contributed by atoms with van der Waals surface area (Å²) in [4.78, 5) is 24.2.